The normalized spacial score (nSPS) is 11.8. The van der Waals surface area contributed by atoms with Crippen molar-refractivity contribution in [3.8, 4) is 0 Å². The number of halogens is 3. The van der Waals surface area contributed by atoms with Gasteiger partial charge in [0.15, 0.2) is 0 Å². The molecule has 0 aliphatic carbocycles. The van der Waals surface area contributed by atoms with Gasteiger partial charge in [-0.3, -0.25) is 0 Å². The molecular formula is C10H12F3N. The highest BCUT2D eigenvalue weighted by atomic mass is 19.3. The largest absolute Gasteiger partial charge is 0.325 e. The van der Waals surface area contributed by atoms with Crippen LogP contribution in [0, 0.1) is 12.7 Å². The minimum Gasteiger partial charge on any atom is -0.325 e. The first kappa shape index (κ1) is 11.0. The molecule has 0 heterocycles. The standard InChI is InChI=1S/C10H12F3N/c1-7-2-3-9(11)4-8(7)5-10(12,13)6-14/h2-4H,5-6,14H2,1H3. The lowest BCUT2D eigenvalue weighted by molar-refractivity contribution is 0.0113. The van der Waals surface area contributed by atoms with Gasteiger partial charge in [-0.2, -0.15) is 0 Å². The highest BCUT2D eigenvalue weighted by Gasteiger charge is 2.27. The van der Waals surface area contributed by atoms with E-state index in [0.717, 1.165) is 6.07 Å². The third kappa shape index (κ3) is 2.73. The molecule has 0 saturated carbocycles. The van der Waals surface area contributed by atoms with Crippen molar-refractivity contribution >= 4 is 0 Å². The number of rotatable bonds is 3. The molecule has 0 unspecified atom stereocenters. The zero-order valence-electron chi connectivity index (χ0n) is 7.86. The van der Waals surface area contributed by atoms with Crippen molar-refractivity contribution in [1.29, 1.82) is 0 Å². The van der Waals surface area contributed by atoms with Crippen LogP contribution < -0.4 is 5.73 Å². The Hall–Kier alpha value is -1.03. The smallest absolute Gasteiger partial charge is 0.264 e. The summed E-state index contributed by atoms with van der Waals surface area (Å²) in [5, 5.41) is 0. The van der Waals surface area contributed by atoms with Gasteiger partial charge in [0.2, 0.25) is 0 Å². The van der Waals surface area contributed by atoms with Gasteiger partial charge in [0.1, 0.15) is 5.82 Å². The second-order valence-electron chi connectivity index (χ2n) is 3.31. The molecule has 0 fully saturated rings. The number of nitrogens with two attached hydrogens (primary N) is 1. The van der Waals surface area contributed by atoms with Gasteiger partial charge in [-0.25, -0.2) is 13.2 Å². The molecule has 0 aliphatic rings. The summed E-state index contributed by atoms with van der Waals surface area (Å²) in [6, 6.07) is 3.86. The molecule has 0 aliphatic heterocycles. The van der Waals surface area contributed by atoms with Crippen molar-refractivity contribution in [3.05, 3.63) is 35.1 Å². The SMILES string of the molecule is Cc1ccc(F)cc1CC(F)(F)CN. The average Bonchev–Trinajstić information content (AvgIpc) is 2.11. The lowest BCUT2D eigenvalue weighted by Crippen LogP contribution is -2.30. The van der Waals surface area contributed by atoms with Crippen LogP contribution >= 0.6 is 0 Å². The maximum atomic E-state index is 12.9. The molecule has 1 rings (SSSR count). The molecule has 4 heteroatoms. The van der Waals surface area contributed by atoms with Crippen LogP contribution in [0.5, 0.6) is 0 Å². The van der Waals surface area contributed by atoms with Crippen LogP contribution in [0.4, 0.5) is 13.2 Å². The average molecular weight is 203 g/mol. The van der Waals surface area contributed by atoms with E-state index in [2.05, 4.69) is 0 Å². The first-order chi connectivity index (χ1) is 6.44. The summed E-state index contributed by atoms with van der Waals surface area (Å²) >= 11 is 0. The van der Waals surface area contributed by atoms with Crippen molar-refractivity contribution in [2.45, 2.75) is 19.3 Å². The van der Waals surface area contributed by atoms with Gasteiger partial charge >= 0.3 is 0 Å². The molecule has 1 nitrogen and oxygen atoms in total. The molecule has 0 radical (unpaired) electrons. The lowest BCUT2D eigenvalue weighted by Gasteiger charge is -2.15. The van der Waals surface area contributed by atoms with Crippen LogP contribution in [-0.2, 0) is 6.42 Å². The predicted molar refractivity (Wildman–Crippen MR) is 48.8 cm³/mol. The molecule has 1 aromatic rings. The molecule has 2 N–H and O–H groups in total. The molecule has 78 valence electrons. The molecule has 0 bridgehead atoms. The first-order valence-corrected chi connectivity index (χ1v) is 4.27. The first-order valence-electron chi connectivity index (χ1n) is 4.27. The van der Waals surface area contributed by atoms with Crippen molar-refractivity contribution in [1.82, 2.24) is 0 Å². The zero-order valence-corrected chi connectivity index (χ0v) is 7.86. The van der Waals surface area contributed by atoms with Crippen LogP contribution in [0.3, 0.4) is 0 Å². The zero-order chi connectivity index (χ0) is 10.8. The predicted octanol–water partition coefficient (Wildman–Crippen LogP) is 2.27. The van der Waals surface area contributed by atoms with E-state index in [1.807, 2.05) is 0 Å². The van der Waals surface area contributed by atoms with E-state index in [1.165, 1.54) is 12.1 Å². The molecule has 0 atom stereocenters. The Labute approximate surface area is 80.7 Å². The summed E-state index contributed by atoms with van der Waals surface area (Å²) in [5.41, 5.74) is 5.86. The van der Waals surface area contributed by atoms with Gasteiger partial charge in [0.05, 0.1) is 6.54 Å². The Kier molecular flexibility index (Phi) is 3.16. The maximum absolute atomic E-state index is 12.9. The van der Waals surface area contributed by atoms with Gasteiger partial charge in [0.25, 0.3) is 5.92 Å². The van der Waals surface area contributed by atoms with E-state index in [-0.39, 0.29) is 0 Å². The summed E-state index contributed by atoms with van der Waals surface area (Å²) < 4.78 is 38.6. The van der Waals surface area contributed by atoms with Crippen LogP contribution in [0.15, 0.2) is 18.2 Å². The summed E-state index contributed by atoms with van der Waals surface area (Å²) in [4.78, 5) is 0. The fourth-order valence-electron chi connectivity index (χ4n) is 1.18. The highest BCUT2D eigenvalue weighted by molar-refractivity contribution is 5.27. The fourth-order valence-corrected chi connectivity index (χ4v) is 1.18. The molecule has 0 aromatic heterocycles. The van der Waals surface area contributed by atoms with E-state index >= 15 is 0 Å². The highest BCUT2D eigenvalue weighted by Crippen LogP contribution is 2.21. The van der Waals surface area contributed by atoms with Gasteiger partial charge in [-0.15, -0.1) is 0 Å². The third-order valence-corrected chi connectivity index (χ3v) is 2.06. The Morgan fingerprint density at radius 3 is 2.57 bits per heavy atom. The van der Waals surface area contributed by atoms with Crippen molar-refractivity contribution in [2.75, 3.05) is 6.54 Å². The molecule has 14 heavy (non-hydrogen) atoms. The van der Waals surface area contributed by atoms with Crippen LogP contribution in [0.1, 0.15) is 11.1 Å². The van der Waals surface area contributed by atoms with Crippen molar-refractivity contribution in [3.63, 3.8) is 0 Å². The number of aryl methyl sites for hydroxylation is 1. The van der Waals surface area contributed by atoms with E-state index in [1.54, 1.807) is 6.92 Å². The fraction of sp³-hybridized carbons (Fsp3) is 0.400. The van der Waals surface area contributed by atoms with Gasteiger partial charge in [-0.1, -0.05) is 6.07 Å². The molecular weight excluding hydrogens is 191 g/mol. The topological polar surface area (TPSA) is 26.0 Å². The Balaban J connectivity index is 2.91. The van der Waals surface area contributed by atoms with Crippen LogP contribution in [0.25, 0.3) is 0 Å². The van der Waals surface area contributed by atoms with Crippen LogP contribution in [0.2, 0.25) is 0 Å². The summed E-state index contributed by atoms with van der Waals surface area (Å²) in [6.45, 7) is 0.949. The molecule has 0 spiro atoms. The molecule has 0 saturated heterocycles. The number of hydrogen-bond donors (Lipinski definition) is 1. The number of hydrogen-bond acceptors (Lipinski definition) is 1. The Morgan fingerprint density at radius 2 is 2.00 bits per heavy atom. The molecule has 0 amide bonds. The third-order valence-electron chi connectivity index (χ3n) is 2.06. The second kappa shape index (κ2) is 4.00. The van der Waals surface area contributed by atoms with Gasteiger partial charge in [-0.05, 0) is 30.2 Å². The number of alkyl halides is 2. The van der Waals surface area contributed by atoms with Crippen LogP contribution in [-0.4, -0.2) is 12.5 Å². The van der Waals surface area contributed by atoms with E-state index in [4.69, 9.17) is 5.73 Å². The maximum Gasteiger partial charge on any atom is 0.264 e. The Bertz CT molecular complexity index is 323. The second-order valence-corrected chi connectivity index (χ2v) is 3.31. The quantitative estimate of drug-likeness (QED) is 0.801. The van der Waals surface area contributed by atoms with E-state index in [9.17, 15) is 13.2 Å². The lowest BCUT2D eigenvalue weighted by atomic mass is 10.0. The molecule has 1 aromatic carbocycles. The Morgan fingerprint density at radius 1 is 1.36 bits per heavy atom. The van der Waals surface area contributed by atoms with Crippen molar-refractivity contribution in [2.24, 2.45) is 5.73 Å². The summed E-state index contributed by atoms with van der Waals surface area (Å²) in [7, 11) is 0. The van der Waals surface area contributed by atoms with Gasteiger partial charge < -0.3 is 5.73 Å². The monoisotopic (exact) mass is 203 g/mol. The summed E-state index contributed by atoms with van der Waals surface area (Å²) in [5.74, 6) is -3.46. The minimum absolute atomic E-state index is 0.306. The van der Waals surface area contributed by atoms with Gasteiger partial charge in [0, 0.05) is 6.42 Å². The van der Waals surface area contributed by atoms with E-state index < -0.39 is 24.7 Å². The van der Waals surface area contributed by atoms with Crippen molar-refractivity contribution < 1.29 is 13.2 Å². The number of benzene rings is 1. The summed E-state index contributed by atoms with van der Waals surface area (Å²) in [6.07, 6.45) is -0.507. The minimum atomic E-state index is -2.96. The van der Waals surface area contributed by atoms with E-state index in [0.29, 0.717) is 11.1 Å².